The first-order valence-corrected chi connectivity index (χ1v) is 10.6. The number of aliphatic hydroxyl groups is 1. The number of hydrogen-bond donors (Lipinski definition) is 1. The Bertz CT molecular complexity index is 919. The predicted molar refractivity (Wildman–Crippen MR) is 108 cm³/mol. The van der Waals surface area contributed by atoms with E-state index >= 15 is 0 Å². The summed E-state index contributed by atoms with van der Waals surface area (Å²) in [6.07, 6.45) is 3.55. The molecule has 1 aliphatic carbocycles. The average Bonchev–Trinajstić information content (AvgIpc) is 2.98. The first kappa shape index (κ1) is 20.8. The molecule has 4 rings (SSSR count). The maximum atomic E-state index is 13.7. The van der Waals surface area contributed by atoms with E-state index in [4.69, 9.17) is 16.3 Å². The number of alkyl halides is 2. The topological polar surface area (TPSA) is 51.5 Å². The summed E-state index contributed by atoms with van der Waals surface area (Å²) >= 11 is 6.40. The molecule has 2 heterocycles. The van der Waals surface area contributed by atoms with Gasteiger partial charge in [-0.25, -0.2) is 8.78 Å². The number of hydrogen-bond acceptors (Lipinski definition) is 3. The number of benzene rings is 1. The summed E-state index contributed by atoms with van der Waals surface area (Å²) in [7, 11) is 0. The van der Waals surface area contributed by atoms with E-state index in [9.17, 15) is 18.7 Å². The summed E-state index contributed by atoms with van der Waals surface area (Å²) in [5, 5.41) is 12.1. The van der Waals surface area contributed by atoms with Crippen LogP contribution in [0.4, 0.5) is 8.78 Å². The summed E-state index contributed by atoms with van der Waals surface area (Å²) in [4.78, 5) is 13.1. The van der Waals surface area contributed by atoms with Gasteiger partial charge < -0.3 is 14.4 Å². The normalized spacial score (nSPS) is 25.9. The van der Waals surface area contributed by atoms with Crippen molar-refractivity contribution in [2.45, 2.75) is 63.0 Å². The zero-order valence-corrected chi connectivity index (χ0v) is 17.2. The van der Waals surface area contributed by atoms with Crippen LogP contribution in [0.3, 0.4) is 0 Å². The summed E-state index contributed by atoms with van der Waals surface area (Å²) < 4.78 is 34.8. The van der Waals surface area contributed by atoms with Crippen LogP contribution in [-0.4, -0.2) is 40.2 Å². The minimum atomic E-state index is -2.82. The number of ether oxygens (including phenoxy) is 1. The molecule has 1 aromatic carbocycles. The van der Waals surface area contributed by atoms with Gasteiger partial charge in [0.2, 0.25) is 5.92 Å². The number of fused-ring (bicyclic) bond motifs is 1. The van der Waals surface area contributed by atoms with E-state index in [0.717, 1.165) is 12.4 Å². The molecule has 158 valence electrons. The van der Waals surface area contributed by atoms with E-state index in [-0.39, 0.29) is 31.1 Å². The highest BCUT2D eigenvalue weighted by atomic mass is 35.5. The molecule has 2 aromatic rings. The Kier molecular flexibility index (Phi) is 5.47. The fourth-order valence-electron chi connectivity index (χ4n) is 4.65. The molecule has 0 spiro atoms. The molecular weight excluding hydrogens is 400 g/mol. The van der Waals surface area contributed by atoms with Crippen LogP contribution in [0.5, 0.6) is 0 Å². The van der Waals surface area contributed by atoms with Gasteiger partial charge in [0.15, 0.2) is 5.78 Å². The van der Waals surface area contributed by atoms with E-state index in [1.165, 1.54) is 0 Å². The van der Waals surface area contributed by atoms with Crippen LogP contribution in [-0.2, 0) is 4.74 Å². The standard InChI is InChI=1S/C22H26ClF2NO3/c1-21(24,25)14-4-3-8-22(28,10-14)9-7-19(27)16-11-26(15-12-29-13-15)18-6-2-5-17(23)20(16)18/h2,5-6,11,14-15,28H,3-4,7-10,12-13H2,1H3. The monoisotopic (exact) mass is 425 g/mol. The van der Waals surface area contributed by atoms with E-state index in [1.54, 1.807) is 6.07 Å². The van der Waals surface area contributed by atoms with Gasteiger partial charge in [-0.1, -0.05) is 24.1 Å². The molecule has 1 aliphatic heterocycles. The molecular formula is C22H26ClF2NO3. The second kappa shape index (κ2) is 7.64. The smallest absolute Gasteiger partial charge is 0.248 e. The van der Waals surface area contributed by atoms with Gasteiger partial charge in [-0.3, -0.25) is 4.79 Å². The zero-order valence-electron chi connectivity index (χ0n) is 16.5. The van der Waals surface area contributed by atoms with Gasteiger partial charge in [0.25, 0.3) is 0 Å². The lowest BCUT2D eigenvalue weighted by Gasteiger charge is -2.39. The second-order valence-electron chi connectivity index (χ2n) is 8.67. The maximum Gasteiger partial charge on any atom is 0.248 e. The van der Waals surface area contributed by atoms with Crippen LogP contribution in [0, 0.1) is 5.92 Å². The average molecular weight is 426 g/mol. The maximum absolute atomic E-state index is 13.7. The number of nitrogens with zero attached hydrogens (tertiary/aromatic N) is 1. The number of rotatable bonds is 6. The van der Waals surface area contributed by atoms with Gasteiger partial charge >= 0.3 is 0 Å². The first-order valence-electron chi connectivity index (χ1n) is 10.2. The summed E-state index contributed by atoms with van der Waals surface area (Å²) in [6, 6.07) is 5.71. The van der Waals surface area contributed by atoms with Crippen molar-refractivity contribution in [3.8, 4) is 0 Å². The Balaban J connectivity index is 1.54. The summed E-state index contributed by atoms with van der Waals surface area (Å²) in [5.74, 6) is -3.78. The largest absolute Gasteiger partial charge is 0.390 e. The Morgan fingerprint density at radius 3 is 2.83 bits per heavy atom. The fourth-order valence-corrected chi connectivity index (χ4v) is 4.92. The van der Waals surface area contributed by atoms with Crippen LogP contribution in [0.2, 0.25) is 5.02 Å². The van der Waals surface area contributed by atoms with Crippen molar-refractivity contribution in [1.82, 2.24) is 4.57 Å². The van der Waals surface area contributed by atoms with Crippen LogP contribution in [0.1, 0.15) is 61.8 Å². The van der Waals surface area contributed by atoms with Gasteiger partial charge in [-0.15, -0.1) is 0 Å². The molecule has 0 radical (unpaired) electrons. The molecule has 2 atom stereocenters. The van der Waals surface area contributed by atoms with Crippen molar-refractivity contribution in [3.05, 3.63) is 35.0 Å². The van der Waals surface area contributed by atoms with E-state index in [0.29, 0.717) is 48.4 Å². The molecule has 2 aliphatic rings. The number of aromatic nitrogens is 1. The Morgan fingerprint density at radius 1 is 1.41 bits per heavy atom. The Labute approximate surface area is 173 Å². The van der Waals surface area contributed by atoms with Gasteiger partial charge in [0, 0.05) is 29.5 Å². The highest BCUT2D eigenvalue weighted by molar-refractivity contribution is 6.37. The van der Waals surface area contributed by atoms with Gasteiger partial charge in [0.1, 0.15) is 0 Å². The zero-order chi connectivity index (χ0) is 20.8. The van der Waals surface area contributed by atoms with Gasteiger partial charge in [-0.2, -0.15) is 0 Å². The van der Waals surface area contributed by atoms with Crippen molar-refractivity contribution in [2.75, 3.05) is 13.2 Å². The predicted octanol–water partition coefficient (Wildman–Crippen LogP) is 5.41. The molecule has 1 saturated heterocycles. The third-order valence-corrected chi connectivity index (χ3v) is 6.79. The lowest BCUT2D eigenvalue weighted by atomic mass is 9.73. The number of Topliss-reactive ketones (excluding diaryl/α,β-unsaturated/α-hetero) is 1. The van der Waals surface area contributed by atoms with Crippen LogP contribution in [0.15, 0.2) is 24.4 Å². The molecule has 4 nitrogen and oxygen atoms in total. The molecule has 29 heavy (non-hydrogen) atoms. The third-order valence-electron chi connectivity index (χ3n) is 6.48. The minimum absolute atomic E-state index is 0.0334. The van der Waals surface area contributed by atoms with E-state index in [1.807, 2.05) is 22.9 Å². The number of carbonyl (C=O) groups is 1. The van der Waals surface area contributed by atoms with Crippen LogP contribution in [0.25, 0.3) is 10.9 Å². The number of carbonyl (C=O) groups excluding carboxylic acids is 1. The van der Waals surface area contributed by atoms with Crippen molar-refractivity contribution in [2.24, 2.45) is 5.92 Å². The van der Waals surface area contributed by atoms with Crippen molar-refractivity contribution in [1.29, 1.82) is 0 Å². The lowest BCUT2D eigenvalue weighted by Crippen LogP contribution is -2.41. The SMILES string of the molecule is CC(F)(F)C1CCCC(O)(CCC(=O)c2cn(C3COC3)c3cccc(Cl)c23)C1. The van der Waals surface area contributed by atoms with Crippen molar-refractivity contribution in [3.63, 3.8) is 0 Å². The number of halogens is 3. The molecule has 0 amide bonds. The second-order valence-corrected chi connectivity index (χ2v) is 9.08. The van der Waals surface area contributed by atoms with E-state index < -0.39 is 17.4 Å². The molecule has 0 bridgehead atoms. The number of ketones is 1. The third kappa shape index (κ3) is 4.07. The van der Waals surface area contributed by atoms with Crippen LogP contribution >= 0.6 is 11.6 Å². The molecule has 2 fully saturated rings. The van der Waals surface area contributed by atoms with Crippen molar-refractivity contribution >= 4 is 28.3 Å². The highest BCUT2D eigenvalue weighted by Crippen LogP contribution is 2.43. The summed E-state index contributed by atoms with van der Waals surface area (Å²) in [5.41, 5.74) is 0.188. The molecule has 1 N–H and O–H groups in total. The molecule has 1 saturated carbocycles. The molecule has 2 unspecified atom stereocenters. The molecule has 1 aromatic heterocycles. The first-order chi connectivity index (χ1) is 13.7. The molecule has 7 heteroatoms. The lowest BCUT2D eigenvalue weighted by molar-refractivity contribution is -0.107. The minimum Gasteiger partial charge on any atom is -0.390 e. The Hall–Kier alpha value is -1.50. The van der Waals surface area contributed by atoms with E-state index in [2.05, 4.69) is 0 Å². The highest BCUT2D eigenvalue weighted by Gasteiger charge is 2.43. The quantitative estimate of drug-likeness (QED) is 0.630. The van der Waals surface area contributed by atoms with Gasteiger partial charge in [0.05, 0.1) is 35.4 Å². The van der Waals surface area contributed by atoms with Crippen LogP contribution < -0.4 is 0 Å². The van der Waals surface area contributed by atoms with Crippen molar-refractivity contribution < 1.29 is 23.4 Å². The Morgan fingerprint density at radius 2 is 2.17 bits per heavy atom. The van der Waals surface area contributed by atoms with Gasteiger partial charge in [-0.05, 0) is 44.7 Å². The summed E-state index contributed by atoms with van der Waals surface area (Å²) in [6.45, 7) is 2.10. The fraction of sp³-hybridized carbons (Fsp3) is 0.591.